The van der Waals surface area contributed by atoms with Gasteiger partial charge in [0.2, 0.25) is 6.16 Å². The molecule has 1 unspecified atom stereocenters. The van der Waals surface area contributed by atoms with Crippen molar-refractivity contribution in [2.75, 3.05) is 12.8 Å². The number of aryl methyl sites for hydroxylation is 1. The van der Waals surface area contributed by atoms with E-state index in [2.05, 4.69) is 4.18 Å². The molecular formula is C9H12O5PS+. The summed E-state index contributed by atoms with van der Waals surface area (Å²) in [5.41, 5.74) is 0.942. The van der Waals surface area contributed by atoms with Crippen LogP contribution < -0.4 is 0 Å². The summed E-state index contributed by atoms with van der Waals surface area (Å²) in [5.74, 6) is 0. The van der Waals surface area contributed by atoms with Gasteiger partial charge in [0.15, 0.2) is 0 Å². The predicted octanol–water partition coefficient (Wildman–Crippen LogP) is 1.44. The average molecular weight is 263 g/mol. The van der Waals surface area contributed by atoms with Crippen LogP contribution in [0, 0.1) is 6.92 Å². The van der Waals surface area contributed by atoms with E-state index < -0.39 is 18.1 Å². The van der Waals surface area contributed by atoms with Crippen molar-refractivity contribution in [1.29, 1.82) is 0 Å². The molecule has 0 heterocycles. The lowest BCUT2D eigenvalue weighted by atomic mass is 10.2. The molecule has 0 radical (unpaired) electrons. The molecule has 0 aliphatic heterocycles. The fourth-order valence-corrected chi connectivity index (χ4v) is 2.28. The van der Waals surface area contributed by atoms with Crippen LogP contribution in [0.3, 0.4) is 0 Å². The summed E-state index contributed by atoms with van der Waals surface area (Å²) in [6.45, 7) is 1.55. The van der Waals surface area contributed by atoms with E-state index in [4.69, 9.17) is 4.89 Å². The first-order valence-corrected chi connectivity index (χ1v) is 7.32. The minimum absolute atomic E-state index is 0.0475. The van der Waals surface area contributed by atoms with Crippen LogP contribution in [0.1, 0.15) is 5.56 Å². The minimum Gasteiger partial charge on any atom is -0.262 e. The largest absolute Gasteiger partial charge is 0.507 e. The summed E-state index contributed by atoms with van der Waals surface area (Å²) in [6, 6.07) is 6.18. The molecule has 7 heteroatoms. The SMILES string of the molecule is Cc1ccc(S(=O)(=O)OCC[P+](=O)O)cc1. The van der Waals surface area contributed by atoms with E-state index in [-0.39, 0.29) is 17.7 Å². The molecule has 5 nitrogen and oxygen atoms in total. The lowest BCUT2D eigenvalue weighted by molar-refractivity contribution is 0.336. The molecule has 16 heavy (non-hydrogen) atoms. The molecule has 0 amide bonds. The first-order chi connectivity index (χ1) is 7.42. The summed E-state index contributed by atoms with van der Waals surface area (Å²) in [4.78, 5) is 8.54. The van der Waals surface area contributed by atoms with E-state index in [0.717, 1.165) is 5.56 Å². The van der Waals surface area contributed by atoms with E-state index in [1.54, 1.807) is 12.1 Å². The van der Waals surface area contributed by atoms with Crippen molar-refractivity contribution < 1.29 is 22.1 Å². The second kappa shape index (κ2) is 5.50. The number of benzene rings is 1. The Balaban J connectivity index is 2.71. The van der Waals surface area contributed by atoms with Gasteiger partial charge in [-0.1, -0.05) is 17.7 Å². The van der Waals surface area contributed by atoms with Gasteiger partial charge in [-0.15, -0.1) is 0 Å². The third-order valence-electron chi connectivity index (χ3n) is 1.83. The first-order valence-electron chi connectivity index (χ1n) is 4.51. The molecule has 0 aromatic heterocycles. The van der Waals surface area contributed by atoms with Gasteiger partial charge in [-0.3, -0.25) is 4.18 Å². The lowest BCUT2D eigenvalue weighted by Gasteiger charge is -2.02. The van der Waals surface area contributed by atoms with Gasteiger partial charge in [0.05, 0.1) is 4.90 Å². The van der Waals surface area contributed by atoms with E-state index in [1.807, 2.05) is 6.92 Å². The highest BCUT2D eigenvalue weighted by atomic mass is 32.2. The Labute approximate surface area is 95.1 Å². The molecule has 1 N–H and O–H groups in total. The highest BCUT2D eigenvalue weighted by Crippen LogP contribution is 2.16. The van der Waals surface area contributed by atoms with Gasteiger partial charge >= 0.3 is 8.03 Å². The second-order valence-corrected chi connectivity index (χ2v) is 5.93. The molecular weight excluding hydrogens is 251 g/mol. The van der Waals surface area contributed by atoms with Crippen molar-refractivity contribution in [1.82, 2.24) is 0 Å². The van der Waals surface area contributed by atoms with Crippen LogP contribution in [0.25, 0.3) is 0 Å². The summed E-state index contributed by atoms with van der Waals surface area (Å²) in [7, 11) is -6.18. The molecule has 1 rings (SSSR count). The van der Waals surface area contributed by atoms with Crippen molar-refractivity contribution in [3.05, 3.63) is 29.8 Å². The molecule has 0 aliphatic rings. The van der Waals surface area contributed by atoms with Crippen molar-refractivity contribution in [3.63, 3.8) is 0 Å². The van der Waals surface area contributed by atoms with Gasteiger partial charge in [0.1, 0.15) is 6.61 Å². The zero-order valence-corrected chi connectivity index (χ0v) is 10.4. The zero-order chi connectivity index (χ0) is 12.2. The molecule has 0 spiro atoms. The first kappa shape index (κ1) is 13.3. The summed E-state index contributed by atoms with van der Waals surface area (Å²) < 4.78 is 38.0. The van der Waals surface area contributed by atoms with Crippen LogP contribution in [0.4, 0.5) is 0 Å². The fraction of sp³-hybridized carbons (Fsp3) is 0.333. The van der Waals surface area contributed by atoms with Gasteiger partial charge in [0, 0.05) is 0 Å². The molecule has 0 bridgehead atoms. The summed E-state index contributed by atoms with van der Waals surface area (Å²) in [6.07, 6.45) is -0.194. The van der Waals surface area contributed by atoms with Gasteiger partial charge in [-0.05, 0) is 23.6 Å². The van der Waals surface area contributed by atoms with E-state index >= 15 is 0 Å². The highest BCUT2D eigenvalue weighted by molar-refractivity contribution is 7.86. The number of rotatable bonds is 5. The Morgan fingerprint density at radius 1 is 1.31 bits per heavy atom. The quantitative estimate of drug-likeness (QED) is 0.642. The standard InChI is InChI=1S/C9H11O5PS/c1-8-2-4-9(5-3-8)16(12,13)14-6-7-15(10)11/h2-5H,6-7H2,1H3/p+1. The molecule has 1 aromatic rings. The Morgan fingerprint density at radius 2 is 1.88 bits per heavy atom. The second-order valence-electron chi connectivity index (χ2n) is 3.16. The molecule has 0 aliphatic carbocycles. The van der Waals surface area contributed by atoms with E-state index in [9.17, 15) is 13.0 Å². The predicted molar refractivity (Wildman–Crippen MR) is 59.0 cm³/mol. The van der Waals surface area contributed by atoms with Gasteiger partial charge < -0.3 is 0 Å². The van der Waals surface area contributed by atoms with Crippen molar-refractivity contribution in [3.8, 4) is 0 Å². The van der Waals surface area contributed by atoms with Gasteiger partial charge in [0.25, 0.3) is 10.1 Å². The highest BCUT2D eigenvalue weighted by Gasteiger charge is 2.18. The van der Waals surface area contributed by atoms with Crippen LogP contribution >= 0.6 is 8.03 Å². The molecule has 1 atom stereocenters. The van der Waals surface area contributed by atoms with Crippen LogP contribution in [0.5, 0.6) is 0 Å². The molecule has 88 valence electrons. The molecule has 0 saturated heterocycles. The Morgan fingerprint density at radius 3 is 2.38 bits per heavy atom. The third-order valence-corrected chi connectivity index (χ3v) is 3.72. The van der Waals surface area contributed by atoms with Gasteiger partial charge in [-0.2, -0.15) is 13.3 Å². The fourth-order valence-electron chi connectivity index (χ4n) is 0.998. The third kappa shape index (κ3) is 3.98. The smallest absolute Gasteiger partial charge is 0.262 e. The Bertz CT molecular complexity index is 465. The van der Waals surface area contributed by atoms with Crippen molar-refractivity contribution in [2.24, 2.45) is 0 Å². The van der Waals surface area contributed by atoms with Crippen LogP contribution in [-0.4, -0.2) is 26.1 Å². The van der Waals surface area contributed by atoms with Crippen molar-refractivity contribution in [2.45, 2.75) is 11.8 Å². The minimum atomic E-state index is -3.81. The molecule has 0 fully saturated rings. The van der Waals surface area contributed by atoms with E-state index in [1.165, 1.54) is 12.1 Å². The van der Waals surface area contributed by atoms with Crippen LogP contribution in [0.2, 0.25) is 0 Å². The molecule has 0 saturated carbocycles. The molecule has 1 aromatic carbocycles. The lowest BCUT2D eigenvalue weighted by Crippen LogP contribution is -2.08. The maximum absolute atomic E-state index is 11.5. The Hall–Kier alpha value is -0.810. The number of hydrogen-bond donors (Lipinski definition) is 1. The maximum Gasteiger partial charge on any atom is 0.507 e. The van der Waals surface area contributed by atoms with Crippen molar-refractivity contribution >= 4 is 18.1 Å². The van der Waals surface area contributed by atoms with E-state index in [0.29, 0.717) is 0 Å². The monoisotopic (exact) mass is 263 g/mol. The normalized spacial score (nSPS) is 12.5. The number of hydrogen-bond acceptors (Lipinski definition) is 4. The van der Waals surface area contributed by atoms with Crippen LogP contribution in [0.15, 0.2) is 29.2 Å². The maximum atomic E-state index is 11.5. The Kier molecular flexibility index (Phi) is 4.56. The van der Waals surface area contributed by atoms with Crippen LogP contribution in [-0.2, 0) is 18.9 Å². The average Bonchev–Trinajstić information content (AvgIpc) is 2.17. The summed E-state index contributed by atoms with van der Waals surface area (Å²) >= 11 is 0. The topological polar surface area (TPSA) is 80.7 Å². The summed E-state index contributed by atoms with van der Waals surface area (Å²) in [5, 5.41) is 0. The zero-order valence-electron chi connectivity index (χ0n) is 8.66. The van der Waals surface area contributed by atoms with Gasteiger partial charge in [-0.25, -0.2) is 0 Å².